The van der Waals surface area contributed by atoms with E-state index in [-0.39, 0.29) is 23.6 Å². The smallest absolute Gasteiger partial charge is 0.125 e. The summed E-state index contributed by atoms with van der Waals surface area (Å²) in [5.41, 5.74) is 28.6. The Morgan fingerprint density at radius 3 is 1.42 bits per heavy atom. The van der Waals surface area contributed by atoms with Crippen molar-refractivity contribution in [2.75, 3.05) is 9.80 Å². The van der Waals surface area contributed by atoms with Crippen molar-refractivity contribution in [2.24, 2.45) is 5.92 Å². The summed E-state index contributed by atoms with van der Waals surface area (Å²) in [5, 5.41) is 0. The lowest BCUT2D eigenvalue weighted by molar-refractivity contribution is 0.627. The summed E-state index contributed by atoms with van der Waals surface area (Å²) < 4.78 is 31.6. The largest absolute Gasteiger partial charge is 0.330 e. The van der Waals surface area contributed by atoms with E-state index >= 15 is 8.78 Å². The first-order valence-corrected chi connectivity index (χ1v) is 26.4. The lowest BCUT2D eigenvalue weighted by Crippen LogP contribution is -2.37. The molecular weight excluding hydrogens is 931 g/mol. The fraction of sp³-hybridized carbons (Fsp3) is 0.139. The molecule has 0 heterocycles. The van der Waals surface area contributed by atoms with Crippen LogP contribution < -0.4 is 9.80 Å². The Morgan fingerprint density at radius 2 is 0.882 bits per heavy atom. The van der Waals surface area contributed by atoms with Gasteiger partial charge in [0.25, 0.3) is 0 Å². The number of rotatable bonds is 10. The molecule has 12 rings (SSSR count). The molecule has 4 aliphatic rings. The third-order valence-corrected chi connectivity index (χ3v) is 15.3. The Bertz CT molecular complexity index is 3880. The van der Waals surface area contributed by atoms with Crippen LogP contribution in [0.1, 0.15) is 44.5 Å². The average molecular weight is 991 g/mol. The SMILES string of the molecule is Cc1cc(C)cc(-c2ccc(N(C3=C4C=CC5=C6C(=CC=C(C=C3)C46)C(N(c3cccc(F)c3)c3ccc(-c4cc(C)cc(C)c4)cc3-c3cc(C)cc(C)c3)C=C5)c3cccc(F)c3)c(-c3cc(C)cc(C)c3)c2)c1. The lowest BCUT2D eigenvalue weighted by atomic mass is 9.67. The molecule has 4 heteroatoms. The molecule has 76 heavy (non-hydrogen) atoms. The van der Waals surface area contributed by atoms with Gasteiger partial charge in [-0.05, 0) is 183 Å². The molecular formula is C72H60F2N2. The maximum absolute atomic E-state index is 15.8. The topological polar surface area (TPSA) is 6.48 Å². The van der Waals surface area contributed by atoms with Gasteiger partial charge in [-0.2, -0.15) is 0 Å². The predicted octanol–water partition coefficient (Wildman–Crippen LogP) is 19.2. The van der Waals surface area contributed by atoms with Crippen LogP contribution in [0.3, 0.4) is 0 Å². The lowest BCUT2D eigenvalue weighted by Gasteiger charge is -2.44. The standard InChI is InChI=1S/C72H60F2N2/c1-43-27-44(2)32-55(31-43)53-19-25-69(65(39-53)57-35-47(5)29-48(6)36-57)75(61-13-9-11-59(73)41-61)67-23-17-51-16-22-64-68(24-18-52-15-21-63(67)71(51)72(52)64)76(62-14-10-12-60(74)42-62)70-26-20-54(56-33-45(3)28-46(4)34-56)40-66(70)58-37-49(7)30-50(8)38-58/h9-42,67,72H,1-8H3. The normalized spacial score (nSPS) is 16.2. The molecule has 0 radical (unpaired) electrons. The van der Waals surface area contributed by atoms with Crippen molar-refractivity contribution < 1.29 is 8.78 Å². The molecule has 8 aromatic carbocycles. The first-order valence-electron chi connectivity index (χ1n) is 26.4. The minimum Gasteiger partial charge on any atom is -0.330 e. The van der Waals surface area contributed by atoms with Crippen LogP contribution in [0.4, 0.5) is 31.5 Å². The van der Waals surface area contributed by atoms with Crippen molar-refractivity contribution in [1.29, 1.82) is 0 Å². The van der Waals surface area contributed by atoms with E-state index in [1.807, 2.05) is 18.2 Å². The van der Waals surface area contributed by atoms with Crippen molar-refractivity contribution in [3.63, 3.8) is 0 Å². The summed E-state index contributed by atoms with van der Waals surface area (Å²) in [7, 11) is 0. The highest BCUT2D eigenvalue weighted by Gasteiger charge is 2.41. The molecule has 2 unspecified atom stereocenters. The van der Waals surface area contributed by atoms with Crippen LogP contribution in [0.15, 0.2) is 240 Å². The van der Waals surface area contributed by atoms with Gasteiger partial charge in [-0.15, -0.1) is 0 Å². The van der Waals surface area contributed by atoms with Crippen molar-refractivity contribution >= 4 is 22.7 Å². The molecule has 2 nitrogen and oxygen atoms in total. The molecule has 0 amide bonds. The van der Waals surface area contributed by atoms with Gasteiger partial charge in [-0.25, -0.2) is 8.78 Å². The number of nitrogens with zero attached hydrogens (tertiary/aromatic N) is 2. The summed E-state index contributed by atoms with van der Waals surface area (Å²) in [5.74, 6) is -0.738. The molecule has 0 saturated carbocycles. The van der Waals surface area contributed by atoms with Gasteiger partial charge >= 0.3 is 0 Å². The van der Waals surface area contributed by atoms with Crippen LogP contribution in [0.5, 0.6) is 0 Å². The molecule has 0 aliphatic heterocycles. The molecule has 0 aromatic heterocycles. The fourth-order valence-corrected chi connectivity index (χ4v) is 12.5. The third-order valence-electron chi connectivity index (χ3n) is 15.3. The Morgan fingerprint density at radius 1 is 0.395 bits per heavy atom. The highest BCUT2D eigenvalue weighted by Crippen LogP contribution is 2.53. The Hall–Kier alpha value is -8.60. The van der Waals surface area contributed by atoms with Gasteiger partial charge < -0.3 is 9.80 Å². The van der Waals surface area contributed by atoms with Crippen LogP contribution in [0.2, 0.25) is 0 Å². The first kappa shape index (κ1) is 48.3. The van der Waals surface area contributed by atoms with E-state index in [9.17, 15) is 0 Å². The van der Waals surface area contributed by atoms with Crippen molar-refractivity contribution in [3.8, 4) is 44.5 Å². The second kappa shape index (κ2) is 19.3. The molecule has 0 bridgehead atoms. The molecule has 372 valence electrons. The number of halogens is 2. The van der Waals surface area contributed by atoms with Gasteiger partial charge in [-0.3, -0.25) is 0 Å². The molecule has 8 aromatic rings. The molecule has 2 atom stereocenters. The molecule has 0 fully saturated rings. The number of hydrogen-bond acceptors (Lipinski definition) is 2. The van der Waals surface area contributed by atoms with Crippen LogP contribution in [0, 0.1) is 72.9 Å². The zero-order chi connectivity index (χ0) is 52.5. The summed E-state index contributed by atoms with van der Waals surface area (Å²) in [6.45, 7) is 17.2. The van der Waals surface area contributed by atoms with Gasteiger partial charge in [0.2, 0.25) is 0 Å². The number of hydrogen-bond donors (Lipinski definition) is 0. The van der Waals surface area contributed by atoms with Crippen LogP contribution in [-0.2, 0) is 0 Å². The maximum atomic E-state index is 15.8. The monoisotopic (exact) mass is 990 g/mol. The fourth-order valence-electron chi connectivity index (χ4n) is 12.5. The van der Waals surface area contributed by atoms with E-state index in [2.05, 4.69) is 223 Å². The second-order valence-electron chi connectivity index (χ2n) is 21.5. The number of anilines is 4. The summed E-state index contributed by atoms with van der Waals surface area (Å²) in [4.78, 5) is 4.60. The Kier molecular flexibility index (Phi) is 12.3. The molecule has 0 saturated heterocycles. The minimum atomic E-state index is -0.314. The zero-order valence-corrected chi connectivity index (χ0v) is 44.4. The first-order chi connectivity index (χ1) is 36.7. The number of aryl methyl sites for hydroxylation is 8. The van der Waals surface area contributed by atoms with E-state index in [0.717, 1.165) is 89.7 Å². The van der Waals surface area contributed by atoms with Gasteiger partial charge in [0.15, 0.2) is 0 Å². The highest BCUT2D eigenvalue weighted by molar-refractivity contribution is 5.92. The summed E-state index contributed by atoms with van der Waals surface area (Å²) in [6, 6.07) is 54.1. The second-order valence-corrected chi connectivity index (χ2v) is 21.5. The van der Waals surface area contributed by atoms with E-state index < -0.39 is 0 Å². The van der Waals surface area contributed by atoms with E-state index in [4.69, 9.17) is 0 Å². The van der Waals surface area contributed by atoms with E-state index in [1.165, 1.54) is 67.8 Å². The van der Waals surface area contributed by atoms with Crippen molar-refractivity contribution in [1.82, 2.24) is 0 Å². The summed E-state index contributed by atoms with van der Waals surface area (Å²) >= 11 is 0. The predicted molar refractivity (Wildman–Crippen MR) is 315 cm³/mol. The average Bonchev–Trinajstić information content (AvgIpc) is 3.57. The number of allylic oxidation sites excluding steroid dienone is 10. The quantitative estimate of drug-likeness (QED) is 0.135. The van der Waals surface area contributed by atoms with Crippen LogP contribution in [0.25, 0.3) is 44.5 Å². The van der Waals surface area contributed by atoms with E-state index in [0.29, 0.717) is 0 Å². The Balaban J connectivity index is 1.03. The Labute approximate surface area is 447 Å². The highest BCUT2D eigenvalue weighted by atomic mass is 19.1. The van der Waals surface area contributed by atoms with E-state index in [1.54, 1.807) is 18.2 Å². The van der Waals surface area contributed by atoms with Gasteiger partial charge in [0.1, 0.15) is 11.6 Å². The van der Waals surface area contributed by atoms with Gasteiger partial charge in [-0.1, -0.05) is 184 Å². The molecule has 0 spiro atoms. The maximum Gasteiger partial charge on any atom is 0.125 e. The minimum absolute atomic E-state index is 0.136. The summed E-state index contributed by atoms with van der Waals surface area (Å²) in [6.07, 6.45) is 18.1. The number of benzene rings is 8. The molecule has 0 N–H and O–H groups in total. The van der Waals surface area contributed by atoms with Gasteiger partial charge in [0.05, 0.1) is 17.4 Å². The van der Waals surface area contributed by atoms with Crippen LogP contribution in [-0.4, -0.2) is 6.04 Å². The van der Waals surface area contributed by atoms with Crippen LogP contribution >= 0.6 is 0 Å². The van der Waals surface area contributed by atoms with Crippen molar-refractivity contribution in [2.45, 2.75) is 61.4 Å². The third kappa shape index (κ3) is 9.02. The van der Waals surface area contributed by atoms with Crippen molar-refractivity contribution in [3.05, 3.63) is 296 Å². The van der Waals surface area contributed by atoms with Gasteiger partial charge in [0, 0.05) is 34.1 Å². The zero-order valence-electron chi connectivity index (χ0n) is 44.4. The molecule has 4 aliphatic carbocycles.